The molecular formula is C19H25N3O2S. The van der Waals surface area contributed by atoms with Gasteiger partial charge in [0.1, 0.15) is 11.5 Å². The van der Waals surface area contributed by atoms with Gasteiger partial charge in [0, 0.05) is 6.04 Å². The summed E-state index contributed by atoms with van der Waals surface area (Å²) in [5.74, 6) is 1.70. The Labute approximate surface area is 154 Å². The summed E-state index contributed by atoms with van der Waals surface area (Å²) in [5, 5.41) is 4.06. The summed E-state index contributed by atoms with van der Waals surface area (Å²) in [5.41, 5.74) is 0.882. The third-order valence-electron chi connectivity index (χ3n) is 4.64. The molecule has 0 radical (unpaired) electrons. The highest BCUT2D eigenvalue weighted by Gasteiger charge is 2.26. The Morgan fingerprint density at radius 2 is 2.04 bits per heavy atom. The van der Waals surface area contributed by atoms with E-state index in [0.29, 0.717) is 17.7 Å². The zero-order valence-corrected chi connectivity index (χ0v) is 15.6. The molecule has 1 aliphatic heterocycles. The molecule has 0 bridgehead atoms. The number of ether oxygens (including phenoxy) is 1. The number of benzene rings is 1. The molecule has 0 unspecified atom stereocenters. The zero-order chi connectivity index (χ0) is 17.6. The van der Waals surface area contributed by atoms with Crippen molar-refractivity contribution in [1.82, 2.24) is 9.80 Å². The number of hydrogen-bond acceptors (Lipinski definition) is 4. The minimum atomic E-state index is 0.399. The lowest BCUT2D eigenvalue weighted by molar-refractivity contribution is 0.168. The van der Waals surface area contributed by atoms with Crippen LogP contribution in [-0.4, -0.2) is 48.2 Å². The number of likely N-dealkylation sites (tertiary alicyclic amines) is 1. The van der Waals surface area contributed by atoms with Crippen LogP contribution in [0.1, 0.15) is 18.6 Å². The number of furan rings is 1. The predicted octanol–water partition coefficient (Wildman–Crippen LogP) is 3.58. The van der Waals surface area contributed by atoms with Gasteiger partial charge in [-0.1, -0.05) is 12.1 Å². The molecule has 134 valence electrons. The van der Waals surface area contributed by atoms with Gasteiger partial charge in [-0.15, -0.1) is 0 Å². The quantitative estimate of drug-likeness (QED) is 0.823. The van der Waals surface area contributed by atoms with Crippen molar-refractivity contribution in [2.75, 3.05) is 32.6 Å². The summed E-state index contributed by atoms with van der Waals surface area (Å²) in [6.07, 6.45) is 3.88. The van der Waals surface area contributed by atoms with Gasteiger partial charge in [-0.2, -0.15) is 0 Å². The first-order valence-electron chi connectivity index (χ1n) is 8.59. The molecule has 1 fully saturated rings. The van der Waals surface area contributed by atoms with Crippen molar-refractivity contribution in [1.29, 1.82) is 0 Å². The van der Waals surface area contributed by atoms with Crippen LogP contribution in [0, 0.1) is 0 Å². The molecule has 0 amide bonds. The van der Waals surface area contributed by atoms with Gasteiger partial charge in [0.15, 0.2) is 5.11 Å². The molecule has 2 aromatic rings. The number of hydrogen-bond donors (Lipinski definition) is 1. The highest BCUT2D eigenvalue weighted by Crippen LogP contribution is 2.25. The first-order valence-corrected chi connectivity index (χ1v) is 9.00. The highest BCUT2D eigenvalue weighted by molar-refractivity contribution is 7.80. The lowest BCUT2D eigenvalue weighted by Crippen LogP contribution is -2.47. The summed E-state index contributed by atoms with van der Waals surface area (Å²) >= 11 is 5.75. The third kappa shape index (κ3) is 4.52. The molecule has 0 atom stereocenters. The predicted molar refractivity (Wildman–Crippen MR) is 104 cm³/mol. The van der Waals surface area contributed by atoms with Gasteiger partial charge in [-0.05, 0) is 69.5 Å². The molecule has 2 heterocycles. The van der Waals surface area contributed by atoms with Gasteiger partial charge in [-0.25, -0.2) is 0 Å². The Hall–Kier alpha value is -2.05. The Morgan fingerprint density at radius 1 is 1.28 bits per heavy atom. The Morgan fingerprint density at radius 3 is 2.72 bits per heavy atom. The summed E-state index contributed by atoms with van der Waals surface area (Å²) in [4.78, 5) is 4.60. The van der Waals surface area contributed by atoms with Crippen LogP contribution < -0.4 is 10.1 Å². The van der Waals surface area contributed by atoms with Crippen molar-refractivity contribution in [2.45, 2.75) is 25.4 Å². The molecule has 5 nitrogen and oxygen atoms in total. The molecule has 1 aromatic heterocycles. The molecule has 1 saturated heterocycles. The Kier molecular flexibility index (Phi) is 5.94. The fraction of sp³-hybridized carbons (Fsp3) is 0.421. The molecule has 25 heavy (non-hydrogen) atoms. The number of para-hydroxylation sites is 2. The number of nitrogens with zero attached hydrogens (tertiary/aromatic N) is 2. The fourth-order valence-electron chi connectivity index (χ4n) is 3.18. The maximum Gasteiger partial charge on any atom is 0.174 e. The summed E-state index contributed by atoms with van der Waals surface area (Å²) in [6, 6.07) is 12.1. The van der Waals surface area contributed by atoms with E-state index in [2.05, 4.69) is 22.2 Å². The van der Waals surface area contributed by atoms with E-state index in [4.69, 9.17) is 21.4 Å². The van der Waals surface area contributed by atoms with E-state index < -0.39 is 0 Å². The van der Waals surface area contributed by atoms with E-state index in [0.717, 1.165) is 43.1 Å². The maximum absolute atomic E-state index is 5.75. The fourth-order valence-corrected chi connectivity index (χ4v) is 3.50. The Balaban J connectivity index is 1.76. The normalized spacial score (nSPS) is 15.8. The van der Waals surface area contributed by atoms with Gasteiger partial charge >= 0.3 is 0 Å². The van der Waals surface area contributed by atoms with E-state index in [1.807, 2.05) is 36.4 Å². The van der Waals surface area contributed by atoms with Crippen LogP contribution in [0.4, 0.5) is 5.69 Å². The second kappa shape index (κ2) is 8.36. The number of nitrogens with one attached hydrogen (secondary N) is 1. The molecule has 1 aliphatic rings. The second-order valence-electron chi connectivity index (χ2n) is 6.37. The largest absolute Gasteiger partial charge is 0.495 e. The molecule has 6 heteroatoms. The smallest absolute Gasteiger partial charge is 0.174 e. The Bertz CT molecular complexity index is 682. The van der Waals surface area contributed by atoms with Gasteiger partial charge in [-0.3, -0.25) is 0 Å². The van der Waals surface area contributed by atoms with Crippen LogP contribution in [0.25, 0.3) is 0 Å². The minimum absolute atomic E-state index is 0.399. The SMILES string of the molecule is COc1ccccc1NC(=S)N(Cc1ccco1)C1CCN(C)CC1. The van der Waals surface area contributed by atoms with E-state index >= 15 is 0 Å². The zero-order valence-electron chi connectivity index (χ0n) is 14.8. The van der Waals surface area contributed by atoms with Crippen LogP contribution in [0.5, 0.6) is 5.75 Å². The second-order valence-corrected chi connectivity index (χ2v) is 6.76. The van der Waals surface area contributed by atoms with E-state index in [9.17, 15) is 0 Å². The van der Waals surface area contributed by atoms with Gasteiger partial charge < -0.3 is 24.3 Å². The van der Waals surface area contributed by atoms with Crippen LogP contribution >= 0.6 is 12.2 Å². The summed E-state index contributed by atoms with van der Waals surface area (Å²) in [7, 11) is 3.83. The summed E-state index contributed by atoms with van der Waals surface area (Å²) < 4.78 is 11.0. The van der Waals surface area contributed by atoms with E-state index in [-0.39, 0.29) is 0 Å². The first kappa shape index (κ1) is 17.8. The van der Waals surface area contributed by atoms with Crippen LogP contribution in [-0.2, 0) is 6.54 Å². The van der Waals surface area contributed by atoms with Crippen molar-refractivity contribution in [3.8, 4) is 5.75 Å². The number of methoxy groups -OCH3 is 1. The molecule has 0 saturated carbocycles. The van der Waals surface area contributed by atoms with Crippen LogP contribution in [0.3, 0.4) is 0 Å². The van der Waals surface area contributed by atoms with Crippen molar-refractivity contribution < 1.29 is 9.15 Å². The maximum atomic E-state index is 5.75. The van der Waals surface area contributed by atoms with Crippen LogP contribution in [0.2, 0.25) is 0 Å². The average Bonchev–Trinajstić information content (AvgIpc) is 3.14. The van der Waals surface area contributed by atoms with Crippen molar-refractivity contribution >= 4 is 23.0 Å². The van der Waals surface area contributed by atoms with E-state index in [1.54, 1.807) is 13.4 Å². The van der Waals surface area contributed by atoms with Gasteiger partial charge in [0.05, 0.1) is 25.6 Å². The molecular weight excluding hydrogens is 334 g/mol. The molecule has 1 N–H and O–H groups in total. The monoisotopic (exact) mass is 359 g/mol. The topological polar surface area (TPSA) is 40.9 Å². The number of rotatable bonds is 5. The van der Waals surface area contributed by atoms with Gasteiger partial charge in [0.2, 0.25) is 0 Å². The molecule has 1 aromatic carbocycles. The lowest BCUT2D eigenvalue weighted by Gasteiger charge is -2.38. The molecule has 3 rings (SSSR count). The minimum Gasteiger partial charge on any atom is -0.495 e. The summed E-state index contributed by atoms with van der Waals surface area (Å²) in [6.45, 7) is 2.83. The first-order chi connectivity index (χ1) is 12.2. The molecule has 0 aliphatic carbocycles. The highest BCUT2D eigenvalue weighted by atomic mass is 32.1. The van der Waals surface area contributed by atoms with Crippen molar-refractivity contribution in [3.05, 3.63) is 48.4 Å². The number of piperidine rings is 1. The lowest BCUT2D eigenvalue weighted by atomic mass is 10.0. The van der Waals surface area contributed by atoms with E-state index in [1.165, 1.54) is 0 Å². The van der Waals surface area contributed by atoms with Crippen LogP contribution in [0.15, 0.2) is 47.1 Å². The standard InChI is InChI=1S/C19H25N3O2S/c1-21-11-9-15(10-12-21)22(14-16-6-5-13-24-16)19(25)20-17-7-3-4-8-18(17)23-2/h3-8,13,15H,9-12,14H2,1-2H3,(H,20,25). The van der Waals surface area contributed by atoms with Crippen molar-refractivity contribution in [2.24, 2.45) is 0 Å². The average molecular weight is 359 g/mol. The third-order valence-corrected chi connectivity index (χ3v) is 4.98. The number of thiocarbonyl (C=S) groups is 1. The van der Waals surface area contributed by atoms with Gasteiger partial charge in [0.25, 0.3) is 0 Å². The number of anilines is 1. The molecule has 0 spiro atoms. The van der Waals surface area contributed by atoms with Crippen molar-refractivity contribution in [3.63, 3.8) is 0 Å².